The molecular formula is C16H30N2O. The summed E-state index contributed by atoms with van der Waals surface area (Å²) in [6, 6.07) is 0. The minimum absolute atomic E-state index is 0.230. The molecule has 2 aliphatic carbocycles. The Morgan fingerprint density at radius 1 is 1.16 bits per heavy atom. The van der Waals surface area contributed by atoms with E-state index in [2.05, 4.69) is 12.2 Å². The lowest BCUT2D eigenvalue weighted by Crippen LogP contribution is -2.48. The molecule has 0 unspecified atom stereocenters. The summed E-state index contributed by atoms with van der Waals surface area (Å²) >= 11 is 0. The lowest BCUT2D eigenvalue weighted by Gasteiger charge is -2.35. The summed E-state index contributed by atoms with van der Waals surface area (Å²) in [4.78, 5) is 12.5. The largest absolute Gasteiger partial charge is 0.355 e. The Labute approximate surface area is 117 Å². The molecule has 0 radical (unpaired) electrons. The number of hydrogen-bond acceptors (Lipinski definition) is 2. The molecule has 2 saturated carbocycles. The summed E-state index contributed by atoms with van der Waals surface area (Å²) in [6.45, 7) is 3.72. The van der Waals surface area contributed by atoms with Gasteiger partial charge in [-0.3, -0.25) is 4.79 Å². The fraction of sp³-hybridized carbons (Fsp3) is 0.938. The van der Waals surface area contributed by atoms with Gasteiger partial charge in [0.1, 0.15) is 0 Å². The highest BCUT2D eigenvalue weighted by Crippen LogP contribution is 2.36. The standard InChI is InChI=1S/C16H30N2O/c1-13-5-7-14(8-6-13)11-18-15(19)16(12-17)9-3-2-4-10-16/h13-14H,2-12,17H2,1H3,(H,18,19). The molecule has 3 nitrogen and oxygen atoms in total. The molecule has 3 heteroatoms. The van der Waals surface area contributed by atoms with Gasteiger partial charge in [-0.25, -0.2) is 0 Å². The van der Waals surface area contributed by atoms with E-state index in [-0.39, 0.29) is 11.3 Å². The molecule has 0 atom stereocenters. The van der Waals surface area contributed by atoms with Crippen LogP contribution >= 0.6 is 0 Å². The van der Waals surface area contributed by atoms with Gasteiger partial charge in [-0.15, -0.1) is 0 Å². The fourth-order valence-corrected chi connectivity index (χ4v) is 3.71. The van der Waals surface area contributed by atoms with E-state index in [9.17, 15) is 4.79 Å². The fourth-order valence-electron chi connectivity index (χ4n) is 3.71. The van der Waals surface area contributed by atoms with Crippen LogP contribution in [0.15, 0.2) is 0 Å². The molecule has 0 aromatic heterocycles. The van der Waals surface area contributed by atoms with Gasteiger partial charge in [0.2, 0.25) is 5.91 Å². The van der Waals surface area contributed by atoms with Crippen molar-refractivity contribution in [2.45, 2.75) is 64.7 Å². The quantitative estimate of drug-likeness (QED) is 0.822. The molecule has 2 aliphatic rings. The average molecular weight is 266 g/mol. The molecule has 0 aliphatic heterocycles. The third-order valence-corrected chi connectivity index (χ3v) is 5.37. The summed E-state index contributed by atoms with van der Waals surface area (Å²) in [5.41, 5.74) is 5.66. The van der Waals surface area contributed by atoms with E-state index < -0.39 is 0 Å². The van der Waals surface area contributed by atoms with Crippen molar-refractivity contribution >= 4 is 5.91 Å². The molecule has 0 bridgehead atoms. The first-order valence-electron chi connectivity index (χ1n) is 8.15. The van der Waals surface area contributed by atoms with Gasteiger partial charge in [0.15, 0.2) is 0 Å². The van der Waals surface area contributed by atoms with Gasteiger partial charge >= 0.3 is 0 Å². The second-order valence-electron chi connectivity index (χ2n) is 6.88. The van der Waals surface area contributed by atoms with Gasteiger partial charge in [-0.2, -0.15) is 0 Å². The van der Waals surface area contributed by atoms with Crippen molar-refractivity contribution in [3.63, 3.8) is 0 Å². The van der Waals surface area contributed by atoms with E-state index in [0.717, 1.165) is 38.1 Å². The maximum atomic E-state index is 12.5. The number of hydrogen-bond donors (Lipinski definition) is 2. The van der Waals surface area contributed by atoms with E-state index in [1.807, 2.05) is 0 Å². The van der Waals surface area contributed by atoms with Gasteiger partial charge in [0.25, 0.3) is 0 Å². The first-order chi connectivity index (χ1) is 9.16. The first-order valence-corrected chi connectivity index (χ1v) is 8.15. The van der Waals surface area contributed by atoms with Gasteiger partial charge in [-0.05, 0) is 37.5 Å². The van der Waals surface area contributed by atoms with Crippen molar-refractivity contribution in [2.75, 3.05) is 13.1 Å². The van der Waals surface area contributed by atoms with Crippen molar-refractivity contribution in [1.29, 1.82) is 0 Å². The Kier molecular flexibility index (Phi) is 5.26. The molecule has 110 valence electrons. The smallest absolute Gasteiger partial charge is 0.227 e. The third kappa shape index (κ3) is 3.71. The zero-order chi connectivity index (χ0) is 13.7. The van der Waals surface area contributed by atoms with Crippen LogP contribution in [0, 0.1) is 17.3 Å². The van der Waals surface area contributed by atoms with Crippen LogP contribution in [-0.4, -0.2) is 19.0 Å². The molecule has 19 heavy (non-hydrogen) atoms. The van der Waals surface area contributed by atoms with Crippen molar-refractivity contribution in [3.8, 4) is 0 Å². The van der Waals surface area contributed by atoms with Crippen molar-refractivity contribution < 1.29 is 4.79 Å². The van der Waals surface area contributed by atoms with E-state index in [4.69, 9.17) is 5.73 Å². The number of carbonyl (C=O) groups is 1. The van der Waals surface area contributed by atoms with Gasteiger partial charge < -0.3 is 11.1 Å². The summed E-state index contributed by atoms with van der Waals surface area (Å²) in [5, 5.41) is 3.21. The van der Waals surface area contributed by atoms with E-state index >= 15 is 0 Å². The maximum absolute atomic E-state index is 12.5. The zero-order valence-corrected chi connectivity index (χ0v) is 12.4. The normalized spacial score (nSPS) is 30.8. The SMILES string of the molecule is CC1CCC(CNC(=O)C2(CN)CCCCC2)CC1. The number of carbonyl (C=O) groups excluding carboxylic acids is 1. The number of nitrogens with two attached hydrogens (primary N) is 1. The van der Waals surface area contributed by atoms with Gasteiger partial charge in [-0.1, -0.05) is 39.0 Å². The molecular weight excluding hydrogens is 236 g/mol. The Bertz CT molecular complexity index is 289. The highest BCUT2D eigenvalue weighted by atomic mass is 16.2. The monoisotopic (exact) mass is 266 g/mol. The predicted octanol–water partition coefficient (Wildman–Crippen LogP) is 2.84. The highest BCUT2D eigenvalue weighted by Gasteiger charge is 2.38. The Morgan fingerprint density at radius 3 is 2.37 bits per heavy atom. The minimum atomic E-state index is -0.250. The van der Waals surface area contributed by atoms with E-state index in [1.165, 1.54) is 32.1 Å². The molecule has 2 rings (SSSR count). The predicted molar refractivity (Wildman–Crippen MR) is 78.7 cm³/mol. The van der Waals surface area contributed by atoms with Crippen LogP contribution in [0.2, 0.25) is 0 Å². The second kappa shape index (κ2) is 6.74. The van der Waals surface area contributed by atoms with E-state index in [1.54, 1.807) is 0 Å². The summed E-state index contributed by atoms with van der Waals surface area (Å²) in [6.07, 6.45) is 10.7. The summed E-state index contributed by atoms with van der Waals surface area (Å²) < 4.78 is 0. The molecule has 0 saturated heterocycles. The average Bonchev–Trinajstić information content (AvgIpc) is 2.47. The van der Waals surface area contributed by atoms with Crippen LogP contribution in [-0.2, 0) is 4.79 Å². The molecule has 0 spiro atoms. The van der Waals surface area contributed by atoms with Crippen LogP contribution in [0.25, 0.3) is 0 Å². The molecule has 3 N–H and O–H groups in total. The van der Waals surface area contributed by atoms with Crippen LogP contribution in [0.5, 0.6) is 0 Å². The van der Waals surface area contributed by atoms with Crippen LogP contribution in [0.1, 0.15) is 64.7 Å². The molecule has 0 aromatic carbocycles. The summed E-state index contributed by atoms with van der Waals surface area (Å²) in [7, 11) is 0. The molecule has 0 aromatic rings. The molecule has 1 amide bonds. The van der Waals surface area contributed by atoms with Gasteiger partial charge in [0, 0.05) is 13.1 Å². The molecule has 2 fully saturated rings. The number of amides is 1. The van der Waals surface area contributed by atoms with Crippen LogP contribution in [0.4, 0.5) is 0 Å². The van der Waals surface area contributed by atoms with Crippen LogP contribution < -0.4 is 11.1 Å². The van der Waals surface area contributed by atoms with Gasteiger partial charge in [0.05, 0.1) is 5.41 Å². The van der Waals surface area contributed by atoms with Crippen molar-refractivity contribution in [2.24, 2.45) is 23.0 Å². The maximum Gasteiger partial charge on any atom is 0.227 e. The minimum Gasteiger partial charge on any atom is -0.355 e. The lowest BCUT2D eigenvalue weighted by atomic mass is 9.73. The zero-order valence-electron chi connectivity index (χ0n) is 12.4. The first kappa shape index (κ1) is 14.8. The summed E-state index contributed by atoms with van der Waals surface area (Å²) in [5.74, 6) is 1.80. The van der Waals surface area contributed by atoms with Crippen molar-refractivity contribution in [1.82, 2.24) is 5.32 Å². The third-order valence-electron chi connectivity index (χ3n) is 5.37. The highest BCUT2D eigenvalue weighted by molar-refractivity contribution is 5.83. The lowest BCUT2D eigenvalue weighted by molar-refractivity contribution is -0.132. The Morgan fingerprint density at radius 2 is 1.79 bits per heavy atom. The Hall–Kier alpha value is -0.570. The number of nitrogens with one attached hydrogen (secondary N) is 1. The van der Waals surface area contributed by atoms with Crippen molar-refractivity contribution in [3.05, 3.63) is 0 Å². The number of rotatable bonds is 4. The Balaban J connectivity index is 1.79. The van der Waals surface area contributed by atoms with Crippen LogP contribution in [0.3, 0.4) is 0 Å². The molecule has 0 heterocycles. The second-order valence-corrected chi connectivity index (χ2v) is 6.88. The topological polar surface area (TPSA) is 55.1 Å². The van der Waals surface area contributed by atoms with E-state index in [0.29, 0.717) is 12.5 Å².